The number of aliphatic hydroxyl groups is 14. The van der Waals surface area contributed by atoms with Crippen molar-refractivity contribution in [3.63, 3.8) is 0 Å². The van der Waals surface area contributed by atoms with Crippen molar-refractivity contribution in [1.82, 2.24) is 0 Å². The third-order valence-corrected chi connectivity index (χ3v) is 11.5. The van der Waals surface area contributed by atoms with Crippen LogP contribution < -0.4 is 19.6 Å². The lowest BCUT2D eigenvalue weighted by Gasteiger charge is -2.42. The predicted octanol–water partition coefficient (Wildman–Crippen LogP) is -6.74. The van der Waals surface area contributed by atoms with Crippen LogP contribution >= 0.6 is 0 Å². The number of hydrogen-bond acceptors (Lipinski definition) is 26. The van der Waals surface area contributed by atoms with Gasteiger partial charge in [0.15, 0.2) is 23.5 Å². The molecule has 20 unspecified atom stereocenters. The van der Waals surface area contributed by atoms with Crippen molar-refractivity contribution >= 4 is 11.0 Å². The summed E-state index contributed by atoms with van der Waals surface area (Å²) >= 11 is 0. The molecule has 26 heteroatoms. The van der Waals surface area contributed by atoms with Crippen molar-refractivity contribution in [2.75, 3.05) is 19.8 Å². The van der Waals surface area contributed by atoms with E-state index in [1.165, 1.54) is 6.92 Å². The highest BCUT2D eigenvalue weighted by atomic mass is 16.7. The van der Waals surface area contributed by atoms with Gasteiger partial charge in [0.2, 0.25) is 30.0 Å². The van der Waals surface area contributed by atoms with E-state index in [9.17, 15) is 86.5 Å². The van der Waals surface area contributed by atoms with Crippen LogP contribution in [0.2, 0.25) is 0 Å². The quantitative estimate of drug-likeness (QED) is 0.0802. The number of benzene rings is 2. The molecular weight excluding hydrogens is 884 g/mol. The normalized spacial score (nSPS) is 40.1. The predicted molar refractivity (Wildman–Crippen MR) is 206 cm³/mol. The van der Waals surface area contributed by atoms with E-state index in [1.807, 2.05) is 0 Å². The van der Waals surface area contributed by atoms with Crippen molar-refractivity contribution in [3.05, 3.63) is 40.6 Å². The van der Waals surface area contributed by atoms with Gasteiger partial charge in [-0.25, -0.2) is 0 Å². The third kappa shape index (κ3) is 9.43. The minimum Gasteiger partial charge on any atom is -0.507 e. The minimum absolute atomic E-state index is 0.236. The Kier molecular flexibility index (Phi) is 14.7. The number of phenolic OH excluding ortho intramolecular Hbond substituents is 2. The zero-order valence-corrected chi connectivity index (χ0v) is 33.8. The van der Waals surface area contributed by atoms with Gasteiger partial charge in [-0.3, -0.25) is 4.79 Å². The number of ether oxygens (including phenoxy) is 8. The Labute approximate surface area is 364 Å². The van der Waals surface area contributed by atoms with E-state index in [1.54, 1.807) is 0 Å². The van der Waals surface area contributed by atoms with Crippen LogP contribution in [0.1, 0.15) is 6.92 Å². The Morgan fingerprint density at radius 1 is 0.538 bits per heavy atom. The molecule has 4 aliphatic heterocycles. The van der Waals surface area contributed by atoms with Crippen molar-refractivity contribution in [2.45, 2.75) is 130 Å². The summed E-state index contributed by atoms with van der Waals surface area (Å²) in [6.45, 7) is -0.983. The Hall–Kier alpha value is -4.11. The van der Waals surface area contributed by atoms with Crippen LogP contribution in [0.15, 0.2) is 39.5 Å². The Bertz CT molecular complexity index is 2170. The molecule has 65 heavy (non-hydrogen) atoms. The van der Waals surface area contributed by atoms with Gasteiger partial charge in [0, 0.05) is 17.7 Å². The van der Waals surface area contributed by atoms with Gasteiger partial charge in [-0.2, -0.15) is 0 Å². The lowest BCUT2D eigenvalue weighted by atomic mass is 9.98. The van der Waals surface area contributed by atoms with Gasteiger partial charge in [0.25, 0.3) is 0 Å². The van der Waals surface area contributed by atoms with E-state index in [-0.39, 0.29) is 11.3 Å². The van der Waals surface area contributed by atoms with Crippen LogP contribution in [0, 0.1) is 0 Å². The van der Waals surface area contributed by atoms with Crippen molar-refractivity contribution < 1.29 is 124 Å². The fourth-order valence-corrected chi connectivity index (χ4v) is 7.57. The van der Waals surface area contributed by atoms with Crippen LogP contribution in [0.4, 0.5) is 0 Å². The Balaban J connectivity index is 1.26. The molecule has 0 radical (unpaired) electrons. The fraction of sp³-hybridized carbons (Fsp3) is 0.615. The first-order chi connectivity index (χ1) is 30.7. The Morgan fingerprint density at radius 3 is 1.63 bits per heavy atom. The van der Waals surface area contributed by atoms with Gasteiger partial charge in [0.05, 0.1) is 25.9 Å². The molecule has 0 amide bonds. The molecule has 5 heterocycles. The minimum atomic E-state index is -2.15. The van der Waals surface area contributed by atoms with Gasteiger partial charge in [-0.1, -0.05) is 0 Å². The zero-order valence-electron chi connectivity index (χ0n) is 33.8. The largest absolute Gasteiger partial charge is 0.507 e. The van der Waals surface area contributed by atoms with Crippen LogP contribution in [-0.4, -0.2) is 224 Å². The number of fused-ring (bicyclic) bond motifs is 1. The molecule has 362 valence electrons. The summed E-state index contributed by atoms with van der Waals surface area (Å²) in [5, 5.41) is 166. The highest BCUT2D eigenvalue weighted by Gasteiger charge is 2.49. The lowest BCUT2D eigenvalue weighted by Crippen LogP contribution is -2.61. The van der Waals surface area contributed by atoms with Crippen molar-refractivity contribution in [3.8, 4) is 40.1 Å². The Morgan fingerprint density at radius 2 is 1.05 bits per heavy atom. The summed E-state index contributed by atoms with van der Waals surface area (Å²) < 4.78 is 50.6. The summed E-state index contributed by atoms with van der Waals surface area (Å²) in [6, 6.07) is 4.99. The highest BCUT2D eigenvalue weighted by Crippen LogP contribution is 2.41. The summed E-state index contributed by atoms with van der Waals surface area (Å²) in [5.74, 6) is -3.93. The average molecular weight is 935 g/mol. The van der Waals surface area contributed by atoms with Crippen LogP contribution in [0.3, 0.4) is 0 Å². The average Bonchev–Trinajstić information content (AvgIpc) is 3.28. The molecule has 20 atom stereocenters. The number of hydrogen-bond donors (Lipinski definition) is 16. The van der Waals surface area contributed by atoms with Crippen LogP contribution in [0.25, 0.3) is 22.3 Å². The number of aliphatic hydroxyl groups excluding tert-OH is 14. The molecule has 0 saturated carbocycles. The summed E-state index contributed by atoms with van der Waals surface area (Å²) in [7, 11) is 0. The number of aromatic hydroxyl groups is 2. The summed E-state index contributed by atoms with van der Waals surface area (Å²) in [6.07, 6.45) is -35.0. The third-order valence-electron chi connectivity index (χ3n) is 11.5. The zero-order chi connectivity index (χ0) is 47.3. The van der Waals surface area contributed by atoms with E-state index >= 15 is 0 Å². The van der Waals surface area contributed by atoms with E-state index in [2.05, 4.69) is 0 Å². The maximum Gasteiger partial charge on any atom is 0.239 e. The lowest BCUT2D eigenvalue weighted by molar-refractivity contribution is -0.318. The van der Waals surface area contributed by atoms with Gasteiger partial charge < -0.3 is 124 Å². The molecule has 0 aliphatic carbocycles. The summed E-state index contributed by atoms with van der Waals surface area (Å²) in [4.78, 5) is 14.5. The van der Waals surface area contributed by atoms with Crippen molar-refractivity contribution in [1.29, 1.82) is 0 Å². The first kappa shape index (κ1) is 48.8. The topological polar surface area (TPSA) is 428 Å². The molecule has 0 bridgehead atoms. The van der Waals surface area contributed by atoms with E-state index < -0.39 is 188 Å². The molecule has 3 aromatic rings. The van der Waals surface area contributed by atoms with Gasteiger partial charge in [0.1, 0.15) is 114 Å². The van der Waals surface area contributed by atoms with Gasteiger partial charge in [-0.05, 0) is 25.1 Å². The van der Waals surface area contributed by atoms with E-state index in [0.29, 0.717) is 0 Å². The van der Waals surface area contributed by atoms with Crippen molar-refractivity contribution in [2.24, 2.45) is 0 Å². The molecule has 26 nitrogen and oxygen atoms in total. The van der Waals surface area contributed by atoms with Crippen LogP contribution in [0.5, 0.6) is 28.7 Å². The molecule has 7 rings (SSSR count). The maximum absolute atomic E-state index is 14.5. The molecule has 4 fully saturated rings. The molecule has 4 saturated heterocycles. The number of rotatable bonds is 12. The first-order valence-corrected chi connectivity index (χ1v) is 20.0. The molecular formula is C39H50O26. The van der Waals surface area contributed by atoms with E-state index in [4.69, 9.17) is 42.3 Å². The fourth-order valence-electron chi connectivity index (χ4n) is 7.57. The SMILES string of the molecule is CC1OC(OCC2OC(Oc3c(-c4ccc(O)c(OC5OC(CO)C(O)C(O)C5O)c4)oc4cc(OC5OC(CO)C(O)C(O)C5O)cc(O)c4c3=O)C(O)C(O)C2O)C(O)C(O)C1O. The second-order valence-corrected chi connectivity index (χ2v) is 15.9. The monoisotopic (exact) mass is 934 g/mol. The molecule has 0 spiro atoms. The van der Waals surface area contributed by atoms with Gasteiger partial charge >= 0.3 is 0 Å². The smallest absolute Gasteiger partial charge is 0.239 e. The summed E-state index contributed by atoms with van der Waals surface area (Å²) in [5.41, 5.74) is -1.95. The number of phenols is 2. The molecule has 4 aliphatic rings. The maximum atomic E-state index is 14.5. The second-order valence-electron chi connectivity index (χ2n) is 15.9. The van der Waals surface area contributed by atoms with E-state index in [0.717, 1.165) is 30.3 Å². The van der Waals surface area contributed by atoms with Gasteiger partial charge in [-0.15, -0.1) is 0 Å². The molecule has 2 aromatic carbocycles. The standard InChI is InChI=1S/C39H50O26/c1-10-21(44)26(49)30(53)36(58-10)57-9-19-24(47)29(52)33(56)39(64-19)65-35-25(48)20-14(43)5-12(59-37-31(54)27(50)22(45)17(7-40)62-37)6-16(20)60-34(35)11-2-3-13(42)15(4-11)61-38-32(55)28(51)23(46)18(8-41)63-38/h2-6,10,17-19,21-24,26-33,36-47,49-56H,7-9H2,1H3. The molecule has 16 N–H and O–H groups in total. The molecule has 1 aromatic heterocycles. The second kappa shape index (κ2) is 19.6. The first-order valence-electron chi connectivity index (χ1n) is 20.0. The van der Waals surface area contributed by atoms with Crippen LogP contribution in [-0.2, 0) is 23.7 Å². The highest BCUT2D eigenvalue weighted by molar-refractivity contribution is 5.88.